The lowest BCUT2D eigenvalue weighted by molar-refractivity contribution is 0.176. The number of alkyl halides is 1. The van der Waals surface area contributed by atoms with Crippen molar-refractivity contribution in [3.8, 4) is 0 Å². The number of benzene rings is 1. The third kappa shape index (κ3) is 2.96. The average Bonchev–Trinajstić information content (AvgIpc) is 2.32. The third-order valence-electron chi connectivity index (χ3n) is 3.17. The molecule has 1 aliphatic rings. The van der Waals surface area contributed by atoms with Gasteiger partial charge < -0.3 is 0 Å². The van der Waals surface area contributed by atoms with E-state index < -0.39 is 0 Å². The minimum Gasteiger partial charge on any atom is -0.299 e. The number of hydrogen-bond acceptors (Lipinski definition) is 1. The van der Waals surface area contributed by atoms with E-state index in [-0.39, 0.29) is 5.82 Å². The number of hydrogen-bond donors (Lipinski definition) is 0. The summed E-state index contributed by atoms with van der Waals surface area (Å²) in [6.45, 7) is 2.76. The van der Waals surface area contributed by atoms with Crippen LogP contribution < -0.4 is 0 Å². The zero-order valence-corrected chi connectivity index (χ0v) is 10.1. The summed E-state index contributed by atoms with van der Waals surface area (Å²) in [5.74, 6) is 1.19. The van der Waals surface area contributed by atoms with Crippen molar-refractivity contribution in [3.05, 3.63) is 35.6 Å². The molecule has 0 radical (unpaired) electrons. The van der Waals surface area contributed by atoms with Crippen molar-refractivity contribution in [3.63, 3.8) is 0 Å². The molecule has 1 saturated heterocycles. The maximum absolute atomic E-state index is 13.5. The van der Waals surface area contributed by atoms with E-state index in [9.17, 15) is 4.39 Å². The molecule has 1 nitrogen and oxygen atoms in total. The van der Waals surface area contributed by atoms with Crippen molar-refractivity contribution in [1.29, 1.82) is 0 Å². The fourth-order valence-electron chi connectivity index (χ4n) is 2.29. The van der Waals surface area contributed by atoms with Crippen molar-refractivity contribution in [2.75, 3.05) is 19.0 Å². The molecule has 1 unspecified atom stereocenters. The van der Waals surface area contributed by atoms with E-state index in [0.29, 0.717) is 18.3 Å². The normalized spacial score (nSPS) is 22.2. The maximum atomic E-state index is 13.5. The van der Waals surface area contributed by atoms with E-state index >= 15 is 0 Å². The van der Waals surface area contributed by atoms with Gasteiger partial charge in [0.05, 0.1) is 0 Å². The smallest absolute Gasteiger partial charge is 0.127 e. The molecule has 1 heterocycles. The first-order valence-electron chi connectivity index (χ1n) is 5.81. The number of piperidine rings is 1. The minimum atomic E-state index is -0.101. The number of rotatable bonds is 3. The topological polar surface area (TPSA) is 3.24 Å². The molecule has 1 fully saturated rings. The van der Waals surface area contributed by atoms with Crippen LogP contribution in [0.3, 0.4) is 0 Å². The Morgan fingerprint density at radius 2 is 2.19 bits per heavy atom. The van der Waals surface area contributed by atoms with Crippen molar-refractivity contribution in [1.82, 2.24) is 4.90 Å². The Morgan fingerprint density at radius 1 is 1.38 bits per heavy atom. The summed E-state index contributed by atoms with van der Waals surface area (Å²) in [4.78, 5) is 2.30. The molecule has 1 aromatic rings. The van der Waals surface area contributed by atoms with Crippen molar-refractivity contribution < 1.29 is 4.39 Å². The van der Waals surface area contributed by atoms with E-state index in [1.165, 1.54) is 18.9 Å². The van der Waals surface area contributed by atoms with Gasteiger partial charge in [0, 0.05) is 24.5 Å². The second-order valence-electron chi connectivity index (χ2n) is 4.49. The highest BCUT2D eigenvalue weighted by molar-refractivity contribution is 6.18. The summed E-state index contributed by atoms with van der Waals surface area (Å²) >= 11 is 5.88. The van der Waals surface area contributed by atoms with Crippen LogP contribution in [0.15, 0.2) is 24.3 Å². The second-order valence-corrected chi connectivity index (χ2v) is 4.80. The molecule has 16 heavy (non-hydrogen) atoms. The lowest BCUT2D eigenvalue weighted by Gasteiger charge is -2.31. The first-order valence-corrected chi connectivity index (χ1v) is 6.35. The second kappa shape index (κ2) is 5.65. The van der Waals surface area contributed by atoms with Gasteiger partial charge in [0.2, 0.25) is 0 Å². The van der Waals surface area contributed by atoms with E-state index in [1.807, 2.05) is 12.1 Å². The number of nitrogens with zero attached hydrogens (tertiary/aromatic N) is 1. The van der Waals surface area contributed by atoms with Crippen LogP contribution in [-0.4, -0.2) is 23.9 Å². The molecule has 0 N–H and O–H groups in total. The summed E-state index contributed by atoms with van der Waals surface area (Å²) in [5.41, 5.74) is 0.790. The van der Waals surface area contributed by atoms with Gasteiger partial charge in [0.15, 0.2) is 0 Å². The summed E-state index contributed by atoms with van der Waals surface area (Å²) in [7, 11) is 0. The molecule has 0 saturated carbocycles. The third-order valence-corrected chi connectivity index (χ3v) is 3.61. The molecule has 1 aromatic carbocycles. The lowest BCUT2D eigenvalue weighted by atomic mass is 9.99. The van der Waals surface area contributed by atoms with E-state index in [0.717, 1.165) is 18.7 Å². The van der Waals surface area contributed by atoms with Gasteiger partial charge in [-0.25, -0.2) is 4.39 Å². The molecule has 0 amide bonds. The molecular weight excluding hydrogens is 225 g/mol. The maximum Gasteiger partial charge on any atom is 0.127 e. The van der Waals surface area contributed by atoms with Gasteiger partial charge in [0.25, 0.3) is 0 Å². The SMILES string of the molecule is Fc1ccccc1CN1CCCC(CCl)C1. The molecule has 1 aliphatic heterocycles. The Bertz CT molecular complexity index is 342. The van der Waals surface area contributed by atoms with E-state index in [2.05, 4.69) is 4.90 Å². The van der Waals surface area contributed by atoms with Crippen LogP contribution in [0, 0.1) is 11.7 Å². The molecule has 0 aliphatic carbocycles. The van der Waals surface area contributed by atoms with Gasteiger partial charge in [-0.15, -0.1) is 11.6 Å². The quantitative estimate of drug-likeness (QED) is 0.735. The van der Waals surface area contributed by atoms with Gasteiger partial charge in [-0.05, 0) is 31.4 Å². The van der Waals surface area contributed by atoms with Crippen LogP contribution in [0.25, 0.3) is 0 Å². The van der Waals surface area contributed by atoms with Crippen LogP contribution in [0.2, 0.25) is 0 Å². The van der Waals surface area contributed by atoms with E-state index in [4.69, 9.17) is 11.6 Å². The molecule has 0 bridgehead atoms. The van der Waals surface area contributed by atoms with Crippen LogP contribution in [0.1, 0.15) is 18.4 Å². The Morgan fingerprint density at radius 3 is 2.94 bits per heavy atom. The first-order chi connectivity index (χ1) is 7.79. The van der Waals surface area contributed by atoms with E-state index in [1.54, 1.807) is 6.07 Å². The highest BCUT2D eigenvalue weighted by atomic mass is 35.5. The zero-order valence-electron chi connectivity index (χ0n) is 9.33. The highest BCUT2D eigenvalue weighted by Gasteiger charge is 2.19. The van der Waals surface area contributed by atoms with Crippen LogP contribution in [-0.2, 0) is 6.54 Å². The van der Waals surface area contributed by atoms with Crippen LogP contribution in [0.4, 0.5) is 4.39 Å². The summed E-state index contributed by atoms with van der Waals surface area (Å²) in [6, 6.07) is 7.01. The minimum absolute atomic E-state index is 0.101. The van der Waals surface area contributed by atoms with Crippen molar-refractivity contribution >= 4 is 11.6 Å². The standard InChI is InChI=1S/C13H17ClFN/c14-8-11-4-3-7-16(9-11)10-12-5-1-2-6-13(12)15/h1-2,5-6,11H,3-4,7-10H2. The number of halogens is 2. The van der Waals surface area contributed by atoms with Crippen molar-refractivity contribution in [2.45, 2.75) is 19.4 Å². The molecule has 88 valence electrons. The Hall–Kier alpha value is -0.600. The molecule has 0 aromatic heterocycles. The number of likely N-dealkylation sites (tertiary alicyclic amines) is 1. The average molecular weight is 242 g/mol. The summed E-state index contributed by atoms with van der Waals surface area (Å²) < 4.78 is 13.5. The van der Waals surface area contributed by atoms with Gasteiger partial charge in [0.1, 0.15) is 5.82 Å². The zero-order chi connectivity index (χ0) is 11.4. The van der Waals surface area contributed by atoms with Crippen molar-refractivity contribution in [2.24, 2.45) is 5.92 Å². The fraction of sp³-hybridized carbons (Fsp3) is 0.538. The lowest BCUT2D eigenvalue weighted by Crippen LogP contribution is -2.35. The van der Waals surface area contributed by atoms with Gasteiger partial charge in [-0.1, -0.05) is 18.2 Å². The summed E-state index contributed by atoms with van der Waals surface area (Å²) in [5, 5.41) is 0. The van der Waals surface area contributed by atoms with Crippen LogP contribution in [0.5, 0.6) is 0 Å². The van der Waals surface area contributed by atoms with Gasteiger partial charge in [-0.3, -0.25) is 4.90 Å². The molecule has 1 atom stereocenters. The molecule has 0 spiro atoms. The summed E-state index contributed by atoms with van der Waals surface area (Å²) in [6.07, 6.45) is 2.38. The predicted molar refractivity (Wildman–Crippen MR) is 65.1 cm³/mol. The van der Waals surface area contributed by atoms with Gasteiger partial charge in [-0.2, -0.15) is 0 Å². The fourth-order valence-corrected chi connectivity index (χ4v) is 2.54. The molecular formula is C13H17ClFN. The van der Waals surface area contributed by atoms with Gasteiger partial charge >= 0.3 is 0 Å². The predicted octanol–water partition coefficient (Wildman–Crippen LogP) is 3.28. The molecule has 2 rings (SSSR count). The van der Waals surface area contributed by atoms with Crippen LogP contribution >= 0.6 is 11.6 Å². The monoisotopic (exact) mass is 241 g/mol. The largest absolute Gasteiger partial charge is 0.299 e. The molecule has 3 heteroatoms. The highest BCUT2D eigenvalue weighted by Crippen LogP contribution is 2.20. The Balaban J connectivity index is 1.97. The Kier molecular flexibility index (Phi) is 4.19. The first kappa shape index (κ1) is 11.9. The Labute approximate surface area is 101 Å².